The smallest absolute Gasteiger partial charge is 0.348 e. The lowest BCUT2D eigenvalue weighted by atomic mass is 10.1. The van der Waals surface area contributed by atoms with Gasteiger partial charge in [-0.25, -0.2) is 9.78 Å². The van der Waals surface area contributed by atoms with Gasteiger partial charge >= 0.3 is 5.97 Å². The van der Waals surface area contributed by atoms with Crippen LogP contribution in [0.5, 0.6) is 0 Å². The highest BCUT2D eigenvalue weighted by Crippen LogP contribution is 2.27. The first-order valence-electron chi connectivity index (χ1n) is 8.92. The van der Waals surface area contributed by atoms with E-state index in [1.807, 2.05) is 37.3 Å². The molecule has 146 valence electrons. The van der Waals surface area contributed by atoms with Crippen LogP contribution in [-0.2, 0) is 16.1 Å². The second-order valence-electron chi connectivity index (χ2n) is 6.33. The maximum atomic E-state index is 12.8. The standard InChI is InChI=1S/C20H21N3O4S/c1-4-27-20(26)17-12(2)16-18(28-17)21-11-23(19(16)25)10-15(24)22-13(3)14-8-6-5-7-9-14/h5-9,11,13H,4,10H2,1-3H3,(H,22,24)/t13-/m0/s1. The minimum absolute atomic E-state index is 0.150. The van der Waals surface area contributed by atoms with E-state index in [2.05, 4.69) is 10.3 Å². The molecule has 0 aliphatic rings. The number of esters is 1. The Morgan fingerprint density at radius 1 is 1.29 bits per heavy atom. The molecule has 8 heteroatoms. The molecule has 2 aromatic heterocycles. The van der Waals surface area contributed by atoms with E-state index < -0.39 is 5.97 Å². The van der Waals surface area contributed by atoms with Gasteiger partial charge in [0.1, 0.15) is 16.3 Å². The number of hydrogen-bond acceptors (Lipinski definition) is 6. The van der Waals surface area contributed by atoms with Crippen molar-refractivity contribution in [3.8, 4) is 0 Å². The number of fused-ring (bicyclic) bond motifs is 1. The van der Waals surface area contributed by atoms with Crippen LogP contribution in [0.2, 0.25) is 0 Å². The minimum Gasteiger partial charge on any atom is -0.462 e. The molecule has 0 saturated carbocycles. The molecule has 0 radical (unpaired) electrons. The van der Waals surface area contributed by atoms with E-state index in [1.165, 1.54) is 10.9 Å². The summed E-state index contributed by atoms with van der Waals surface area (Å²) >= 11 is 1.12. The summed E-state index contributed by atoms with van der Waals surface area (Å²) in [6.45, 7) is 5.40. The molecule has 0 fully saturated rings. The zero-order valence-electron chi connectivity index (χ0n) is 15.9. The Bertz CT molecular complexity index is 1070. The molecular weight excluding hydrogens is 378 g/mol. The van der Waals surface area contributed by atoms with Crippen molar-refractivity contribution >= 4 is 33.4 Å². The Hall–Kier alpha value is -3.00. The van der Waals surface area contributed by atoms with Gasteiger partial charge in [0.05, 0.1) is 24.4 Å². The Labute approximate surface area is 166 Å². The number of rotatable bonds is 6. The predicted octanol–water partition coefficient (Wildman–Crippen LogP) is 2.82. The summed E-state index contributed by atoms with van der Waals surface area (Å²) in [5.74, 6) is -0.763. The van der Waals surface area contributed by atoms with Gasteiger partial charge in [0.25, 0.3) is 5.56 Å². The van der Waals surface area contributed by atoms with E-state index in [0.717, 1.165) is 16.9 Å². The molecule has 0 bridgehead atoms. The fourth-order valence-corrected chi connectivity index (χ4v) is 3.96. The zero-order chi connectivity index (χ0) is 20.3. The van der Waals surface area contributed by atoms with Gasteiger partial charge in [-0.1, -0.05) is 30.3 Å². The lowest BCUT2D eigenvalue weighted by molar-refractivity contribution is -0.122. The molecule has 1 aromatic carbocycles. The summed E-state index contributed by atoms with van der Waals surface area (Å²) in [6, 6.07) is 9.39. The van der Waals surface area contributed by atoms with Gasteiger partial charge in [-0.05, 0) is 31.9 Å². The number of aryl methyl sites for hydroxylation is 1. The molecule has 0 saturated heterocycles. The lowest BCUT2D eigenvalue weighted by Crippen LogP contribution is -2.34. The van der Waals surface area contributed by atoms with Gasteiger partial charge in [0.2, 0.25) is 5.91 Å². The van der Waals surface area contributed by atoms with Crippen LogP contribution in [0, 0.1) is 6.92 Å². The molecule has 0 unspecified atom stereocenters. The molecule has 7 nitrogen and oxygen atoms in total. The number of nitrogens with one attached hydrogen (secondary N) is 1. The molecule has 3 rings (SSSR count). The number of amides is 1. The van der Waals surface area contributed by atoms with Crippen molar-refractivity contribution in [3.05, 3.63) is 63.0 Å². The number of carbonyl (C=O) groups excluding carboxylic acids is 2. The summed E-state index contributed by atoms with van der Waals surface area (Å²) < 4.78 is 6.28. The van der Waals surface area contributed by atoms with Crippen LogP contribution in [0.1, 0.15) is 40.7 Å². The second-order valence-corrected chi connectivity index (χ2v) is 7.33. The van der Waals surface area contributed by atoms with Crippen LogP contribution in [0.3, 0.4) is 0 Å². The van der Waals surface area contributed by atoms with E-state index in [9.17, 15) is 14.4 Å². The third kappa shape index (κ3) is 3.96. The van der Waals surface area contributed by atoms with E-state index in [1.54, 1.807) is 13.8 Å². The summed E-state index contributed by atoms with van der Waals surface area (Å²) in [5, 5.41) is 3.22. The molecule has 28 heavy (non-hydrogen) atoms. The molecular formula is C20H21N3O4S. The average Bonchev–Trinajstić information content (AvgIpc) is 3.02. The van der Waals surface area contributed by atoms with Gasteiger partial charge in [-0.3, -0.25) is 14.2 Å². The Morgan fingerprint density at radius 2 is 2.00 bits per heavy atom. The number of aromatic nitrogens is 2. The first-order valence-corrected chi connectivity index (χ1v) is 9.74. The largest absolute Gasteiger partial charge is 0.462 e. The van der Waals surface area contributed by atoms with Gasteiger partial charge in [0, 0.05) is 0 Å². The number of hydrogen-bond donors (Lipinski definition) is 1. The Morgan fingerprint density at radius 3 is 2.68 bits per heavy atom. The number of ether oxygens (including phenoxy) is 1. The summed E-state index contributed by atoms with van der Waals surface area (Å²) in [7, 11) is 0. The lowest BCUT2D eigenvalue weighted by Gasteiger charge is -2.14. The van der Waals surface area contributed by atoms with Gasteiger partial charge in [0.15, 0.2) is 0 Å². The molecule has 0 aliphatic heterocycles. The van der Waals surface area contributed by atoms with Crippen LogP contribution in [0.4, 0.5) is 0 Å². The van der Waals surface area contributed by atoms with Gasteiger partial charge in [-0.15, -0.1) is 11.3 Å². The summed E-state index contributed by atoms with van der Waals surface area (Å²) in [6.07, 6.45) is 1.34. The van der Waals surface area contributed by atoms with Crippen molar-refractivity contribution in [1.82, 2.24) is 14.9 Å². The molecule has 1 amide bonds. The summed E-state index contributed by atoms with van der Waals surface area (Å²) in [5.41, 5.74) is 1.16. The highest BCUT2D eigenvalue weighted by molar-refractivity contribution is 7.20. The normalized spacial score (nSPS) is 12.0. The zero-order valence-corrected chi connectivity index (χ0v) is 16.7. The average molecular weight is 399 g/mol. The third-order valence-corrected chi connectivity index (χ3v) is 5.55. The van der Waals surface area contributed by atoms with Crippen LogP contribution < -0.4 is 10.9 Å². The van der Waals surface area contributed by atoms with E-state index in [0.29, 0.717) is 20.7 Å². The minimum atomic E-state index is -0.469. The Balaban J connectivity index is 1.83. The second kappa shape index (κ2) is 8.35. The van der Waals surface area contributed by atoms with Crippen LogP contribution >= 0.6 is 11.3 Å². The van der Waals surface area contributed by atoms with Crippen LogP contribution in [0.25, 0.3) is 10.2 Å². The maximum absolute atomic E-state index is 12.8. The molecule has 0 spiro atoms. The van der Waals surface area contributed by atoms with Crippen molar-refractivity contribution < 1.29 is 14.3 Å². The molecule has 3 aromatic rings. The number of benzene rings is 1. The highest BCUT2D eigenvalue weighted by atomic mass is 32.1. The number of thiophene rings is 1. The first kappa shape index (κ1) is 19.8. The fourth-order valence-electron chi connectivity index (χ4n) is 2.93. The molecule has 2 heterocycles. The van der Waals surface area contributed by atoms with Crippen molar-refractivity contribution in [2.45, 2.75) is 33.4 Å². The topological polar surface area (TPSA) is 90.3 Å². The van der Waals surface area contributed by atoms with Crippen molar-refractivity contribution in [2.24, 2.45) is 0 Å². The SMILES string of the molecule is CCOC(=O)c1sc2ncn(CC(=O)N[C@@H](C)c3ccccc3)c(=O)c2c1C. The monoisotopic (exact) mass is 399 g/mol. The number of carbonyl (C=O) groups is 2. The fraction of sp³-hybridized carbons (Fsp3) is 0.300. The highest BCUT2D eigenvalue weighted by Gasteiger charge is 2.21. The van der Waals surface area contributed by atoms with Crippen LogP contribution in [0.15, 0.2) is 41.5 Å². The first-order chi connectivity index (χ1) is 13.4. The Kier molecular flexibility index (Phi) is 5.89. The van der Waals surface area contributed by atoms with Crippen molar-refractivity contribution in [1.29, 1.82) is 0 Å². The summed E-state index contributed by atoms with van der Waals surface area (Å²) in [4.78, 5) is 42.4. The van der Waals surface area contributed by atoms with E-state index >= 15 is 0 Å². The maximum Gasteiger partial charge on any atom is 0.348 e. The van der Waals surface area contributed by atoms with Gasteiger partial charge < -0.3 is 10.1 Å². The predicted molar refractivity (Wildman–Crippen MR) is 108 cm³/mol. The van der Waals surface area contributed by atoms with Crippen molar-refractivity contribution in [2.75, 3.05) is 6.61 Å². The molecule has 1 atom stereocenters. The van der Waals surface area contributed by atoms with E-state index in [4.69, 9.17) is 4.74 Å². The number of nitrogens with zero attached hydrogens (tertiary/aromatic N) is 2. The quantitative estimate of drug-likeness (QED) is 0.644. The molecule has 0 aliphatic carbocycles. The van der Waals surface area contributed by atoms with Crippen LogP contribution in [-0.4, -0.2) is 28.0 Å². The van der Waals surface area contributed by atoms with E-state index in [-0.39, 0.29) is 30.7 Å². The van der Waals surface area contributed by atoms with Crippen molar-refractivity contribution in [3.63, 3.8) is 0 Å². The molecule has 1 N–H and O–H groups in total. The van der Waals surface area contributed by atoms with Gasteiger partial charge in [-0.2, -0.15) is 0 Å². The third-order valence-electron chi connectivity index (χ3n) is 4.37.